The summed E-state index contributed by atoms with van der Waals surface area (Å²) >= 11 is 4.52. The summed E-state index contributed by atoms with van der Waals surface area (Å²) < 4.78 is 0. The third kappa shape index (κ3) is 17.7. The average Bonchev–Trinajstić information content (AvgIpc) is 2.89. The van der Waals surface area contributed by atoms with Crippen molar-refractivity contribution in [2.75, 3.05) is 0 Å². The number of hydrogen-bond donors (Lipinski definition) is 1. The first-order valence-electron chi connectivity index (χ1n) is 11.4. The molecular formula is C32H38ClNOP2Pd-4. The Kier molecular flexibility index (Phi) is 23.3. The van der Waals surface area contributed by atoms with Gasteiger partial charge in [-0.15, -0.1) is 0 Å². The molecule has 0 aliphatic carbocycles. The SMILES string of the molecule is C[C-](C)C.N.[CH2-]C(=O)Cl.[CH2-]P(c1ccccc1)c1ccccc1.[CH2-]P(c1ccccc1)c1ccccc1.[Pd]. The van der Waals surface area contributed by atoms with Crippen molar-refractivity contribution in [2.45, 2.75) is 20.8 Å². The van der Waals surface area contributed by atoms with E-state index in [1.165, 1.54) is 27.1 Å². The predicted octanol–water partition coefficient (Wildman–Crippen LogP) is 8.19. The first-order chi connectivity index (χ1) is 17.2. The van der Waals surface area contributed by atoms with Crippen LogP contribution in [0, 0.1) is 26.2 Å². The quantitative estimate of drug-likeness (QED) is 0.104. The number of carbonyl (C=O) groups is 1. The molecule has 0 saturated carbocycles. The molecule has 6 heteroatoms. The van der Waals surface area contributed by atoms with E-state index < -0.39 is 21.1 Å². The van der Waals surface area contributed by atoms with Crippen LogP contribution in [0.4, 0.5) is 0 Å². The monoisotopic (exact) mass is 655 g/mol. The zero-order valence-electron chi connectivity index (χ0n) is 22.4. The van der Waals surface area contributed by atoms with Gasteiger partial charge in [-0.1, -0.05) is 154 Å². The molecule has 0 radical (unpaired) electrons. The second-order valence-corrected chi connectivity index (χ2v) is 12.3. The largest absolute Gasteiger partial charge is 0.344 e. The number of halogens is 1. The predicted molar refractivity (Wildman–Crippen MR) is 170 cm³/mol. The molecule has 0 aromatic heterocycles. The molecule has 0 atom stereocenters. The molecule has 0 unspecified atom stereocenters. The van der Waals surface area contributed by atoms with Gasteiger partial charge < -0.3 is 37.1 Å². The fraction of sp³-hybridized carbons (Fsp3) is 0.0938. The van der Waals surface area contributed by atoms with E-state index in [9.17, 15) is 0 Å². The summed E-state index contributed by atoms with van der Waals surface area (Å²) in [7, 11) is -0.842. The van der Waals surface area contributed by atoms with Crippen molar-refractivity contribution >= 4 is 53.9 Å². The molecule has 2 nitrogen and oxygen atoms in total. The van der Waals surface area contributed by atoms with Gasteiger partial charge in [-0.2, -0.15) is 20.8 Å². The van der Waals surface area contributed by atoms with Gasteiger partial charge in [0.15, 0.2) is 0 Å². The van der Waals surface area contributed by atoms with Crippen molar-refractivity contribution in [3.63, 3.8) is 0 Å². The topological polar surface area (TPSA) is 52.1 Å². The summed E-state index contributed by atoms with van der Waals surface area (Å²) in [4.78, 5) is 9.10. The van der Waals surface area contributed by atoms with Gasteiger partial charge >= 0.3 is 0 Å². The van der Waals surface area contributed by atoms with Gasteiger partial charge in [-0.05, 0) is 0 Å². The van der Waals surface area contributed by atoms with Gasteiger partial charge in [0.25, 0.3) is 0 Å². The van der Waals surface area contributed by atoms with Crippen LogP contribution in [0.25, 0.3) is 0 Å². The third-order valence-corrected chi connectivity index (χ3v) is 7.96. The van der Waals surface area contributed by atoms with Crippen molar-refractivity contribution < 1.29 is 25.2 Å². The van der Waals surface area contributed by atoms with Gasteiger partial charge in [0.05, 0.1) is 5.24 Å². The van der Waals surface area contributed by atoms with Crippen LogP contribution in [0.2, 0.25) is 0 Å². The molecule has 0 heterocycles. The molecular weight excluding hydrogens is 618 g/mol. The second-order valence-electron chi connectivity index (χ2n) is 8.05. The van der Waals surface area contributed by atoms with Crippen molar-refractivity contribution in [1.82, 2.24) is 6.15 Å². The number of hydrogen-bond acceptors (Lipinski definition) is 2. The van der Waals surface area contributed by atoms with Crippen LogP contribution in [0.5, 0.6) is 0 Å². The van der Waals surface area contributed by atoms with Crippen LogP contribution >= 0.6 is 27.4 Å². The number of benzene rings is 4. The van der Waals surface area contributed by atoms with Crippen LogP contribution in [-0.4, -0.2) is 5.24 Å². The molecule has 4 aromatic carbocycles. The van der Waals surface area contributed by atoms with Crippen LogP contribution in [0.3, 0.4) is 0 Å². The third-order valence-electron chi connectivity index (χ3n) is 4.27. The summed E-state index contributed by atoms with van der Waals surface area (Å²) in [5.41, 5.74) is 0. The molecule has 4 rings (SSSR count). The summed E-state index contributed by atoms with van der Waals surface area (Å²) in [5.74, 6) is 1.42. The molecule has 0 fully saturated rings. The molecule has 0 aliphatic heterocycles. The normalized spacial score (nSPS) is 9.29. The van der Waals surface area contributed by atoms with Crippen molar-refractivity contribution in [3.05, 3.63) is 147 Å². The van der Waals surface area contributed by atoms with E-state index in [2.05, 4.69) is 150 Å². The standard InChI is InChI=1S/2C13H12P.C4H9.C2H2ClO.H3N.Pd/c2*1-14(12-8-4-2-5-9-12)13-10-6-3-7-11-13;1-4(2)3;1-2(3)4;;/h2*2-11H,1H2;1-3H3;1H2;1H3;/q4*-1;;. The molecule has 0 amide bonds. The first-order valence-corrected chi connectivity index (χ1v) is 14.8. The Morgan fingerprint density at radius 3 is 0.842 bits per heavy atom. The Labute approximate surface area is 252 Å². The van der Waals surface area contributed by atoms with Gasteiger partial charge in [0.2, 0.25) is 0 Å². The van der Waals surface area contributed by atoms with E-state index >= 15 is 0 Å². The van der Waals surface area contributed by atoms with Crippen LogP contribution in [0.1, 0.15) is 20.8 Å². The Bertz CT molecular complexity index is 919. The molecule has 0 saturated heterocycles. The fourth-order valence-corrected chi connectivity index (χ4v) is 5.45. The van der Waals surface area contributed by atoms with E-state index in [0.717, 1.165) is 0 Å². The second kappa shape index (κ2) is 23.1. The number of carbonyl (C=O) groups excluding carboxylic acids is 1. The van der Waals surface area contributed by atoms with Gasteiger partial charge in [-0.3, -0.25) is 0 Å². The maximum Gasteiger partial charge on any atom is 0.0851 e. The van der Waals surface area contributed by atoms with E-state index in [0.29, 0.717) is 0 Å². The van der Waals surface area contributed by atoms with Gasteiger partial charge in [-0.25, -0.2) is 15.8 Å². The van der Waals surface area contributed by atoms with E-state index in [4.69, 9.17) is 4.79 Å². The van der Waals surface area contributed by atoms with E-state index in [1.54, 1.807) is 0 Å². The van der Waals surface area contributed by atoms with Crippen LogP contribution in [-0.2, 0) is 25.2 Å². The maximum absolute atomic E-state index is 9.10. The molecule has 208 valence electrons. The molecule has 0 spiro atoms. The van der Waals surface area contributed by atoms with Crippen LogP contribution < -0.4 is 27.4 Å². The Hall–Kier alpha value is -1.81. The van der Waals surface area contributed by atoms with Crippen molar-refractivity contribution in [3.8, 4) is 0 Å². The minimum Gasteiger partial charge on any atom is -0.344 e. The zero-order chi connectivity index (χ0) is 26.8. The minimum atomic E-state index is -0.611. The van der Waals surface area contributed by atoms with E-state index in [1.807, 2.05) is 24.3 Å². The molecule has 0 aliphatic rings. The molecule has 3 N–H and O–H groups in total. The Balaban J connectivity index is 0. The summed E-state index contributed by atoms with van der Waals surface area (Å²) in [5, 5.41) is 4.70. The number of rotatable bonds is 4. The summed E-state index contributed by atoms with van der Waals surface area (Å²) in [6.45, 7) is 17.5. The average molecular weight is 656 g/mol. The summed E-state index contributed by atoms with van der Waals surface area (Å²) in [6.07, 6.45) is 0. The van der Waals surface area contributed by atoms with Gasteiger partial charge in [0, 0.05) is 20.4 Å². The van der Waals surface area contributed by atoms with Crippen molar-refractivity contribution in [2.24, 2.45) is 0 Å². The molecule has 38 heavy (non-hydrogen) atoms. The molecule has 0 bridgehead atoms. The minimum absolute atomic E-state index is 0. The summed E-state index contributed by atoms with van der Waals surface area (Å²) in [6, 6.07) is 41.9. The maximum atomic E-state index is 9.10. The van der Waals surface area contributed by atoms with Crippen LogP contribution in [0.15, 0.2) is 121 Å². The smallest absolute Gasteiger partial charge is 0.0851 e. The zero-order valence-corrected chi connectivity index (χ0v) is 26.5. The Morgan fingerprint density at radius 2 is 0.711 bits per heavy atom. The van der Waals surface area contributed by atoms with Crippen molar-refractivity contribution in [1.29, 1.82) is 0 Å². The molecule has 4 aromatic rings. The first kappa shape index (κ1) is 38.3. The van der Waals surface area contributed by atoms with E-state index in [-0.39, 0.29) is 26.6 Å². The Morgan fingerprint density at radius 1 is 0.579 bits per heavy atom. The van der Waals surface area contributed by atoms with Gasteiger partial charge in [0.1, 0.15) is 0 Å². The fourth-order valence-electron chi connectivity index (χ4n) is 2.73.